The Morgan fingerprint density at radius 1 is 1.58 bits per heavy atom. The molecule has 1 unspecified atom stereocenters. The number of aliphatic imine (C=N–C) groups is 1. The van der Waals surface area contributed by atoms with Gasteiger partial charge in [-0.3, -0.25) is 4.99 Å². The van der Waals surface area contributed by atoms with Gasteiger partial charge in [-0.15, -0.1) is 0 Å². The molecule has 1 aliphatic heterocycles. The standard InChI is InChI=1S/C14H18N2O2S/c1-3-18-12(17)10-5-4-6-11(9-10)14(2)7-8-19-13(15)16-14/h4-6,9H,3,7-8H2,1-2H3,(H2,15,16). The first-order valence-corrected chi connectivity index (χ1v) is 7.29. The second-order valence-corrected chi connectivity index (χ2v) is 5.74. The molecule has 0 amide bonds. The molecule has 1 heterocycles. The molecule has 1 atom stereocenters. The molecule has 0 saturated carbocycles. The van der Waals surface area contributed by atoms with E-state index in [-0.39, 0.29) is 11.5 Å². The number of hydrogen-bond donors (Lipinski definition) is 1. The summed E-state index contributed by atoms with van der Waals surface area (Å²) in [7, 11) is 0. The lowest BCUT2D eigenvalue weighted by atomic mass is 9.89. The molecule has 1 aromatic carbocycles. The van der Waals surface area contributed by atoms with E-state index < -0.39 is 0 Å². The molecule has 19 heavy (non-hydrogen) atoms. The van der Waals surface area contributed by atoms with E-state index in [1.54, 1.807) is 24.8 Å². The Labute approximate surface area is 117 Å². The van der Waals surface area contributed by atoms with E-state index in [4.69, 9.17) is 10.5 Å². The summed E-state index contributed by atoms with van der Waals surface area (Å²) in [5, 5.41) is 0.607. The molecule has 0 spiro atoms. The van der Waals surface area contributed by atoms with Gasteiger partial charge in [0, 0.05) is 5.75 Å². The molecule has 4 nitrogen and oxygen atoms in total. The maximum Gasteiger partial charge on any atom is 0.338 e. The number of nitrogens with zero attached hydrogens (tertiary/aromatic N) is 1. The van der Waals surface area contributed by atoms with Crippen LogP contribution in [0.4, 0.5) is 0 Å². The van der Waals surface area contributed by atoms with E-state index in [1.165, 1.54) is 0 Å². The molecule has 1 aliphatic rings. The van der Waals surface area contributed by atoms with Crippen LogP contribution in [0.25, 0.3) is 0 Å². The fourth-order valence-corrected chi connectivity index (χ4v) is 3.06. The number of nitrogens with two attached hydrogens (primary N) is 1. The Kier molecular flexibility index (Phi) is 4.14. The molecule has 2 N–H and O–H groups in total. The predicted molar refractivity (Wildman–Crippen MR) is 78.4 cm³/mol. The van der Waals surface area contributed by atoms with Crippen LogP contribution in [0.1, 0.15) is 36.2 Å². The maximum atomic E-state index is 11.8. The van der Waals surface area contributed by atoms with Gasteiger partial charge < -0.3 is 10.5 Å². The van der Waals surface area contributed by atoms with Gasteiger partial charge in [-0.05, 0) is 38.0 Å². The number of carbonyl (C=O) groups is 1. The molecule has 102 valence electrons. The highest BCUT2D eigenvalue weighted by Gasteiger charge is 2.29. The number of rotatable bonds is 3. The summed E-state index contributed by atoms with van der Waals surface area (Å²) in [5.41, 5.74) is 7.03. The van der Waals surface area contributed by atoms with Crippen LogP contribution in [-0.2, 0) is 10.3 Å². The molecule has 0 aliphatic carbocycles. The van der Waals surface area contributed by atoms with E-state index in [0.29, 0.717) is 17.3 Å². The van der Waals surface area contributed by atoms with E-state index >= 15 is 0 Å². The Bertz CT molecular complexity index is 516. The van der Waals surface area contributed by atoms with Gasteiger partial charge in [0.15, 0.2) is 5.17 Å². The first-order chi connectivity index (χ1) is 9.05. The first kappa shape index (κ1) is 13.9. The molecule has 0 aromatic heterocycles. The van der Waals surface area contributed by atoms with E-state index in [1.807, 2.05) is 25.1 Å². The van der Waals surface area contributed by atoms with Gasteiger partial charge in [0.2, 0.25) is 0 Å². The van der Waals surface area contributed by atoms with Gasteiger partial charge in [-0.25, -0.2) is 4.79 Å². The summed E-state index contributed by atoms with van der Waals surface area (Å²) in [6.45, 7) is 4.22. The lowest BCUT2D eigenvalue weighted by Gasteiger charge is -2.29. The second-order valence-electron chi connectivity index (χ2n) is 4.62. The number of ether oxygens (including phenoxy) is 1. The van der Waals surface area contributed by atoms with Crippen molar-refractivity contribution in [2.75, 3.05) is 12.4 Å². The zero-order chi connectivity index (χ0) is 13.9. The SMILES string of the molecule is CCOC(=O)c1cccc(C2(C)CCSC(N)=N2)c1. The van der Waals surface area contributed by atoms with Gasteiger partial charge in [0.25, 0.3) is 0 Å². The highest BCUT2D eigenvalue weighted by atomic mass is 32.2. The monoisotopic (exact) mass is 278 g/mol. The van der Waals surface area contributed by atoms with E-state index in [9.17, 15) is 4.79 Å². The maximum absolute atomic E-state index is 11.8. The van der Waals surface area contributed by atoms with Crippen molar-refractivity contribution in [3.8, 4) is 0 Å². The third-order valence-electron chi connectivity index (χ3n) is 3.19. The summed E-state index contributed by atoms with van der Waals surface area (Å²) in [6.07, 6.45) is 0.907. The van der Waals surface area contributed by atoms with Crippen LogP contribution in [0.5, 0.6) is 0 Å². The molecule has 2 rings (SSSR count). The number of thioether (sulfide) groups is 1. The van der Waals surface area contributed by atoms with Crippen molar-refractivity contribution in [1.29, 1.82) is 0 Å². The fourth-order valence-electron chi connectivity index (χ4n) is 2.09. The highest BCUT2D eigenvalue weighted by molar-refractivity contribution is 8.13. The number of carbonyl (C=O) groups excluding carboxylic acids is 1. The number of esters is 1. The molecule has 0 fully saturated rings. The minimum Gasteiger partial charge on any atom is -0.462 e. The van der Waals surface area contributed by atoms with Crippen LogP contribution in [0.2, 0.25) is 0 Å². The van der Waals surface area contributed by atoms with Crippen LogP contribution in [0.3, 0.4) is 0 Å². The zero-order valence-corrected chi connectivity index (χ0v) is 12.0. The second kappa shape index (κ2) is 5.65. The molecule has 5 heteroatoms. The quantitative estimate of drug-likeness (QED) is 0.863. The van der Waals surface area contributed by atoms with Crippen LogP contribution in [0.15, 0.2) is 29.3 Å². The fraction of sp³-hybridized carbons (Fsp3) is 0.429. The number of amidine groups is 1. The Hall–Kier alpha value is -1.49. The highest BCUT2D eigenvalue weighted by Crippen LogP contribution is 2.35. The number of benzene rings is 1. The van der Waals surface area contributed by atoms with Crippen molar-refractivity contribution in [3.05, 3.63) is 35.4 Å². The summed E-state index contributed by atoms with van der Waals surface area (Å²) in [4.78, 5) is 16.3. The summed E-state index contributed by atoms with van der Waals surface area (Å²) >= 11 is 1.57. The van der Waals surface area contributed by atoms with Crippen LogP contribution < -0.4 is 5.73 Å². The topological polar surface area (TPSA) is 64.7 Å². The molecule has 0 bridgehead atoms. The zero-order valence-electron chi connectivity index (χ0n) is 11.2. The lowest BCUT2D eigenvalue weighted by Crippen LogP contribution is -2.29. The van der Waals surface area contributed by atoms with Crippen molar-refractivity contribution < 1.29 is 9.53 Å². The van der Waals surface area contributed by atoms with Crippen LogP contribution in [0, 0.1) is 0 Å². The van der Waals surface area contributed by atoms with Crippen molar-refractivity contribution in [3.63, 3.8) is 0 Å². The average Bonchev–Trinajstić information content (AvgIpc) is 2.39. The molecule has 0 saturated heterocycles. The average molecular weight is 278 g/mol. The molecule has 1 aromatic rings. The Morgan fingerprint density at radius 2 is 2.37 bits per heavy atom. The number of hydrogen-bond acceptors (Lipinski definition) is 5. The Morgan fingerprint density at radius 3 is 3.05 bits per heavy atom. The van der Waals surface area contributed by atoms with Crippen LogP contribution >= 0.6 is 11.8 Å². The van der Waals surface area contributed by atoms with Gasteiger partial charge in [-0.1, -0.05) is 23.9 Å². The lowest BCUT2D eigenvalue weighted by molar-refractivity contribution is 0.0526. The largest absolute Gasteiger partial charge is 0.462 e. The normalized spacial score (nSPS) is 22.7. The molecule has 0 radical (unpaired) electrons. The van der Waals surface area contributed by atoms with E-state index in [0.717, 1.165) is 17.7 Å². The third-order valence-corrected chi connectivity index (χ3v) is 3.99. The minimum atomic E-state index is -0.349. The molecular weight excluding hydrogens is 260 g/mol. The Balaban J connectivity index is 2.33. The van der Waals surface area contributed by atoms with Gasteiger partial charge in [-0.2, -0.15) is 0 Å². The minimum absolute atomic E-state index is 0.296. The third kappa shape index (κ3) is 3.10. The van der Waals surface area contributed by atoms with Crippen molar-refractivity contribution in [1.82, 2.24) is 0 Å². The van der Waals surface area contributed by atoms with Gasteiger partial charge in [0.1, 0.15) is 0 Å². The van der Waals surface area contributed by atoms with Crippen molar-refractivity contribution in [2.24, 2.45) is 10.7 Å². The van der Waals surface area contributed by atoms with Gasteiger partial charge >= 0.3 is 5.97 Å². The molecular formula is C14H18N2O2S. The van der Waals surface area contributed by atoms with Gasteiger partial charge in [0.05, 0.1) is 17.7 Å². The summed E-state index contributed by atoms with van der Waals surface area (Å²) < 4.78 is 5.02. The van der Waals surface area contributed by atoms with Crippen molar-refractivity contribution in [2.45, 2.75) is 25.8 Å². The van der Waals surface area contributed by atoms with Crippen molar-refractivity contribution >= 4 is 22.9 Å². The smallest absolute Gasteiger partial charge is 0.338 e. The first-order valence-electron chi connectivity index (χ1n) is 6.31. The van der Waals surface area contributed by atoms with Crippen LogP contribution in [-0.4, -0.2) is 23.5 Å². The van der Waals surface area contributed by atoms with E-state index in [2.05, 4.69) is 4.99 Å². The summed E-state index contributed by atoms with van der Waals surface area (Å²) in [6, 6.07) is 7.45. The predicted octanol–water partition coefficient (Wildman–Crippen LogP) is 2.53. The summed E-state index contributed by atoms with van der Waals surface area (Å²) in [5.74, 6) is 0.644.